The van der Waals surface area contributed by atoms with Crippen LogP contribution in [0.4, 0.5) is 17.5 Å². The molecule has 0 amide bonds. The van der Waals surface area contributed by atoms with Crippen molar-refractivity contribution in [3.05, 3.63) is 41.6 Å². The molecule has 0 atom stereocenters. The summed E-state index contributed by atoms with van der Waals surface area (Å²) in [5, 5.41) is 3.35. The van der Waals surface area contributed by atoms with Crippen LogP contribution in [0, 0.1) is 6.92 Å². The molecule has 5 nitrogen and oxygen atoms in total. The Bertz CT molecular complexity index is 601. The number of aromatic nitrogens is 2. The summed E-state index contributed by atoms with van der Waals surface area (Å²) >= 11 is 0. The highest BCUT2D eigenvalue weighted by Crippen LogP contribution is 2.31. The molecule has 0 radical (unpaired) electrons. The summed E-state index contributed by atoms with van der Waals surface area (Å²) < 4.78 is 0. The van der Waals surface area contributed by atoms with Crippen molar-refractivity contribution in [2.75, 3.05) is 10.7 Å². The van der Waals surface area contributed by atoms with Crippen LogP contribution in [0.1, 0.15) is 32.0 Å². The predicted molar refractivity (Wildman–Crippen MR) is 83.0 cm³/mol. The minimum Gasteiger partial charge on any atom is -0.340 e. The summed E-state index contributed by atoms with van der Waals surface area (Å²) in [6, 6.07) is 10.1. The lowest BCUT2D eigenvalue weighted by Crippen LogP contribution is -2.15. The van der Waals surface area contributed by atoms with Gasteiger partial charge >= 0.3 is 0 Å². The highest BCUT2D eigenvalue weighted by atomic mass is 15.3. The number of aryl methyl sites for hydroxylation is 1. The number of hydrogen-bond donors (Lipinski definition) is 3. The van der Waals surface area contributed by atoms with E-state index in [-0.39, 0.29) is 5.41 Å². The lowest BCUT2D eigenvalue weighted by Gasteiger charge is -2.23. The minimum absolute atomic E-state index is 0.0562. The van der Waals surface area contributed by atoms with Crippen LogP contribution in [-0.2, 0) is 5.41 Å². The third-order valence-electron chi connectivity index (χ3n) is 2.98. The van der Waals surface area contributed by atoms with Gasteiger partial charge in [-0.3, -0.25) is 5.43 Å². The maximum absolute atomic E-state index is 5.38. The highest BCUT2D eigenvalue weighted by Gasteiger charge is 2.17. The molecule has 0 saturated carbocycles. The minimum atomic E-state index is 0.0562. The van der Waals surface area contributed by atoms with Gasteiger partial charge in [0.2, 0.25) is 5.95 Å². The molecule has 0 spiro atoms. The zero-order valence-electron chi connectivity index (χ0n) is 12.4. The molecule has 0 bridgehead atoms. The van der Waals surface area contributed by atoms with Crippen molar-refractivity contribution in [3.8, 4) is 0 Å². The van der Waals surface area contributed by atoms with Gasteiger partial charge in [-0.05, 0) is 24.0 Å². The molecular weight excluding hydrogens is 250 g/mol. The Morgan fingerprint density at radius 2 is 1.80 bits per heavy atom. The Balaban J connectivity index is 2.38. The monoisotopic (exact) mass is 271 g/mol. The van der Waals surface area contributed by atoms with Crippen molar-refractivity contribution in [1.82, 2.24) is 9.97 Å². The van der Waals surface area contributed by atoms with E-state index >= 15 is 0 Å². The van der Waals surface area contributed by atoms with Crippen molar-refractivity contribution in [1.29, 1.82) is 0 Å². The van der Waals surface area contributed by atoms with Crippen LogP contribution in [0.5, 0.6) is 0 Å². The SMILES string of the molecule is Cc1cc(Nc2ccccc2C(C)(C)C)nc(NN)n1. The first kappa shape index (κ1) is 14.3. The Morgan fingerprint density at radius 3 is 2.45 bits per heavy atom. The summed E-state index contributed by atoms with van der Waals surface area (Å²) in [5.74, 6) is 6.51. The molecule has 2 aromatic rings. The Morgan fingerprint density at radius 1 is 1.10 bits per heavy atom. The normalized spacial score (nSPS) is 11.2. The van der Waals surface area contributed by atoms with Gasteiger partial charge in [-0.25, -0.2) is 10.8 Å². The number of hydrogen-bond acceptors (Lipinski definition) is 5. The van der Waals surface area contributed by atoms with Crippen molar-refractivity contribution >= 4 is 17.5 Å². The Kier molecular flexibility index (Phi) is 3.90. The fourth-order valence-electron chi connectivity index (χ4n) is 2.08. The lowest BCUT2D eigenvalue weighted by atomic mass is 9.86. The summed E-state index contributed by atoms with van der Waals surface area (Å²) in [4.78, 5) is 8.49. The smallest absolute Gasteiger partial charge is 0.239 e. The molecule has 4 N–H and O–H groups in total. The molecule has 0 aliphatic rings. The molecular formula is C15H21N5. The first-order chi connectivity index (χ1) is 9.40. The van der Waals surface area contributed by atoms with Crippen molar-refractivity contribution in [2.24, 2.45) is 5.84 Å². The second-order valence-electron chi connectivity index (χ2n) is 5.78. The van der Waals surface area contributed by atoms with E-state index in [9.17, 15) is 0 Å². The zero-order valence-corrected chi connectivity index (χ0v) is 12.4. The first-order valence-electron chi connectivity index (χ1n) is 6.59. The lowest BCUT2D eigenvalue weighted by molar-refractivity contribution is 0.592. The number of rotatable bonds is 3. The van der Waals surface area contributed by atoms with Crippen LogP contribution >= 0.6 is 0 Å². The second-order valence-corrected chi connectivity index (χ2v) is 5.78. The van der Waals surface area contributed by atoms with Crippen LogP contribution < -0.4 is 16.6 Å². The molecule has 0 unspecified atom stereocenters. The van der Waals surface area contributed by atoms with Gasteiger partial charge in [0.25, 0.3) is 0 Å². The molecule has 1 aromatic carbocycles. The van der Waals surface area contributed by atoms with Crippen molar-refractivity contribution in [3.63, 3.8) is 0 Å². The molecule has 0 fully saturated rings. The second kappa shape index (κ2) is 5.46. The number of nitrogens with one attached hydrogen (secondary N) is 2. The number of nitrogens with two attached hydrogens (primary N) is 1. The van der Waals surface area contributed by atoms with Crippen molar-refractivity contribution < 1.29 is 0 Å². The maximum atomic E-state index is 5.38. The quantitative estimate of drug-likeness (QED) is 0.590. The topological polar surface area (TPSA) is 75.9 Å². The largest absolute Gasteiger partial charge is 0.340 e. The van der Waals surface area contributed by atoms with E-state index in [0.29, 0.717) is 5.95 Å². The summed E-state index contributed by atoms with van der Waals surface area (Å²) in [6.07, 6.45) is 0. The average Bonchev–Trinajstić information content (AvgIpc) is 2.37. The average molecular weight is 271 g/mol. The van der Waals surface area contributed by atoms with E-state index in [1.54, 1.807) is 0 Å². The van der Waals surface area contributed by atoms with Crippen LogP contribution in [0.2, 0.25) is 0 Å². The van der Waals surface area contributed by atoms with E-state index in [1.807, 2.05) is 31.2 Å². The maximum Gasteiger partial charge on any atom is 0.239 e. The third-order valence-corrected chi connectivity index (χ3v) is 2.98. The first-order valence-corrected chi connectivity index (χ1v) is 6.59. The summed E-state index contributed by atoms with van der Waals surface area (Å²) in [5.41, 5.74) is 5.66. The number of hydrazine groups is 1. The van der Waals surface area contributed by atoms with E-state index in [4.69, 9.17) is 5.84 Å². The van der Waals surface area contributed by atoms with Crippen LogP contribution in [0.15, 0.2) is 30.3 Å². The van der Waals surface area contributed by atoms with Gasteiger partial charge in [-0.15, -0.1) is 0 Å². The standard InChI is InChI=1S/C15H21N5/c1-10-9-13(19-14(17-10)20-16)18-12-8-6-5-7-11(12)15(2,3)4/h5-9H,16H2,1-4H3,(H2,17,18,19,20). The van der Waals surface area contributed by atoms with E-state index in [0.717, 1.165) is 17.2 Å². The predicted octanol–water partition coefficient (Wildman–Crippen LogP) is 3.11. The Labute approximate surface area is 119 Å². The number of benzene rings is 1. The molecule has 20 heavy (non-hydrogen) atoms. The fraction of sp³-hybridized carbons (Fsp3) is 0.333. The highest BCUT2D eigenvalue weighted by molar-refractivity contribution is 5.63. The van der Waals surface area contributed by atoms with Gasteiger partial charge < -0.3 is 5.32 Å². The molecule has 1 heterocycles. The van der Waals surface area contributed by atoms with Gasteiger partial charge in [0.05, 0.1) is 0 Å². The van der Waals surface area contributed by atoms with Crippen molar-refractivity contribution in [2.45, 2.75) is 33.1 Å². The summed E-state index contributed by atoms with van der Waals surface area (Å²) in [6.45, 7) is 8.46. The Hall–Kier alpha value is -2.14. The van der Waals surface area contributed by atoms with E-state index in [2.05, 4.69) is 47.5 Å². The summed E-state index contributed by atoms with van der Waals surface area (Å²) in [7, 11) is 0. The molecule has 5 heteroatoms. The van der Waals surface area contributed by atoms with Gasteiger partial charge in [-0.1, -0.05) is 39.0 Å². The van der Waals surface area contributed by atoms with Crippen LogP contribution in [0.25, 0.3) is 0 Å². The number of anilines is 3. The van der Waals surface area contributed by atoms with E-state index in [1.165, 1.54) is 5.56 Å². The van der Waals surface area contributed by atoms with Crippen LogP contribution in [0.3, 0.4) is 0 Å². The molecule has 2 rings (SSSR count). The number of nitrogens with zero attached hydrogens (tertiary/aromatic N) is 2. The van der Waals surface area contributed by atoms with Gasteiger partial charge in [-0.2, -0.15) is 4.98 Å². The van der Waals surface area contributed by atoms with Gasteiger partial charge in [0.15, 0.2) is 0 Å². The molecule has 1 aromatic heterocycles. The van der Waals surface area contributed by atoms with Crippen LogP contribution in [-0.4, -0.2) is 9.97 Å². The van der Waals surface area contributed by atoms with Gasteiger partial charge in [0, 0.05) is 17.4 Å². The molecule has 0 saturated heterocycles. The van der Waals surface area contributed by atoms with E-state index < -0.39 is 0 Å². The van der Waals surface area contributed by atoms with Gasteiger partial charge in [0.1, 0.15) is 5.82 Å². The number of para-hydroxylation sites is 1. The molecule has 0 aliphatic heterocycles. The molecule has 106 valence electrons. The third kappa shape index (κ3) is 3.24. The molecule has 0 aliphatic carbocycles. The zero-order chi connectivity index (χ0) is 14.8. The fourth-order valence-corrected chi connectivity index (χ4v) is 2.08. The number of nitrogen functional groups attached to an aromatic ring is 1.